The topological polar surface area (TPSA) is 78.4 Å². The van der Waals surface area contributed by atoms with Crippen molar-refractivity contribution in [2.75, 3.05) is 12.0 Å². The van der Waals surface area contributed by atoms with Crippen LogP contribution in [-0.4, -0.2) is 35.2 Å². The van der Waals surface area contributed by atoms with Crippen molar-refractivity contribution in [2.24, 2.45) is 0 Å². The smallest absolute Gasteiger partial charge is 0.326 e. The number of aliphatic carboxylic acids is 1. The van der Waals surface area contributed by atoms with Gasteiger partial charge in [-0.25, -0.2) is 18.4 Å². The highest BCUT2D eigenvalue weighted by molar-refractivity contribution is 7.98. The van der Waals surface area contributed by atoms with Crippen LogP contribution in [0.3, 0.4) is 0 Å². The summed E-state index contributed by atoms with van der Waals surface area (Å²) in [5, 5.41) is 13.5. The molecule has 0 aliphatic heterocycles. The summed E-state index contributed by atoms with van der Waals surface area (Å²) in [6.45, 7) is -0.232. The van der Waals surface area contributed by atoms with Gasteiger partial charge in [0.25, 0.3) is 0 Å². The Labute approximate surface area is 125 Å². The molecule has 3 N–H and O–H groups in total. The zero-order chi connectivity index (χ0) is 15.8. The molecular weight excluding hydrogens is 302 g/mol. The van der Waals surface area contributed by atoms with E-state index < -0.39 is 29.7 Å². The van der Waals surface area contributed by atoms with Gasteiger partial charge in [0, 0.05) is 12.1 Å². The van der Waals surface area contributed by atoms with Gasteiger partial charge in [0.15, 0.2) is 0 Å². The molecule has 1 atom stereocenters. The van der Waals surface area contributed by atoms with E-state index in [1.807, 2.05) is 6.26 Å². The molecular formula is C13H16F2N2O3S. The van der Waals surface area contributed by atoms with Gasteiger partial charge in [-0.1, -0.05) is 0 Å². The molecule has 1 rings (SSSR count). The third-order valence-corrected chi connectivity index (χ3v) is 3.31. The third-order valence-electron chi connectivity index (χ3n) is 2.66. The molecule has 116 valence electrons. The lowest BCUT2D eigenvalue weighted by atomic mass is 10.2. The third kappa shape index (κ3) is 5.99. The summed E-state index contributed by atoms with van der Waals surface area (Å²) in [5.74, 6) is -1.82. The molecule has 0 aliphatic carbocycles. The fourth-order valence-corrected chi connectivity index (χ4v) is 2.03. The Bertz CT molecular complexity index is 514. The molecule has 0 saturated carbocycles. The largest absolute Gasteiger partial charge is 0.480 e. The highest BCUT2D eigenvalue weighted by Crippen LogP contribution is 2.09. The minimum atomic E-state index is -1.14. The van der Waals surface area contributed by atoms with E-state index in [9.17, 15) is 18.4 Å². The van der Waals surface area contributed by atoms with Gasteiger partial charge in [0.1, 0.15) is 17.7 Å². The number of hydrogen-bond donors (Lipinski definition) is 3. The number of thioether (sulfide) groups is 1. The molecule has 0 aliphatic rings. The van der Waals surface area contributed by atoms with Crippen LogP contribution < -0.4 is 10.6 Å². The highest BCUT2D eigenvalue weighted by atomic mass is 32.2. The number of carbonyl (C=O) groups is 2. The lowest BCUT2D eigenvalue weighted by molar-refractivity contribution is -0.139. The van der Waals surface area contributed by atoms with Gasteiger partial charge < -0.3 is 15.7 Å². The summed E-state index contributed by atoms with van der Waals surface area (Å²) in [4.78, 5) is 22.5. The lowest BCUT2D eigenvalue weighted by Crippen LogP contribution is -2.46. The minimum absolute atomic E-state index is 0.0128. The molecule has 8 heteroatoms. The summed E-state index contributed by atoms with van der Waals surface area (Å²) >= 11 is 1.46. The summed E-state index contributed by atoms with van der Waals surface area (Å²) < 4.78 is 26.3. The summed E-state index contributed by atoms with van der Waals surface area (Å²) in [6.07, 6.45) is 2.10. The van der Waals surface area contributed by atoms with Crippen LogP contribution in [-0.2, 0) is 11.3 Å². The Morgan fingerprint density at radius 2 is 2.10 bits per heavy atom. The molecule has 0 spiro atoms. The number of amides is 2. The second kappa shape index (κ2) is 8.46. The van der Waals surface area contributed by atoms with E-state index >= 15 is 0 Å². The molecule has 1 aromatic carbocycles. The highest BCUT2D eigenvalue weighted by Gasteiger charge is 2.19. The van der Waals surface area contributed by atoms with Crippen molar-refractivity contribution in [1.82, 2.24) is 10.6 Å². The summed E-state index contributed by atoms with van der Waals surface area (Å²) in [6, 6.07) is 1.14. The number of urea groups is 1. The number of benzene rings is 1. The van der Waals surface area contributed by atoms with E-state index in [1.54, 1.807) is 0 Å². The molecule has 0 fully saturated rings. The average Bonchev–Trinajstić information content (AvgIpc) is 2.44. The van der Waals surface area contributed by atoms with Gasteiger partial charge >= 0.3 is 12.0 Å². The first-order valence-electron chi connectivity index (χ1n) is 6.14. The lowest BCUT2D eigenvalue weighted by Gasteiger charge is -2.14. The zero-order valence-electron chi connectivity index (χ0n) is 11.4. The molecule has 2 amide bonds. The van der Waals surface area contributed by atoms with Crippen LogP contribution in [0.2, 0.25) is 0 Å². The van der Waals surface area contributed by atoms with E-state index in [-0.39, 0.29) is 18.5 Å². The number of nitrogens with one attached hydrogen (secondary N) is 2. The first-order chi connectivity index (χ1) is 9.93. The normalized spacial score (nSPS) is 11.8. The van der Waals surface area contributed by atoms with Gasteiger partial charge in [0.05, 0.1) is 0 Å². The van der Waals surface area contributed by atoms with Crippen molar-refractivity contribution in [2.45, 2.75) is 19.0 Å². The van der Waals surface area contributed by atoms with Crippen LogP contribution in [0.1, 0.15) is 12.0 Å². The van der Waals surface area contributed by atoms with Crippen molar-refractivity contribution < 1.29 is 23.5 Å². The molecule has 0 radical (unpaired) electrons. The van der Waals surface area contributed by atoms with Gasteiger partial charge in [-0.15, -0.1) is 0 Å². The molecule has 1 unspecified atom stereocenters. The first-order valence-corrected chi connectivity index (χ1v) is 7.53. The van der Waals surface area contributed by atoms with Crippen LogP contribution >= 0.6 is 11.8 Å². The zero-order valence-corrected chi connectivity index (χ0v) is 12.2. The molecule has 1 aromatic rings. The first kappa shape index (κ1) is 17.2. The number of rotatable bonds is 7. The molecule has 0 saturated heterocycles. The van der Waals surface area contributed by atoms with Crippen LogP contribution in [0.25, 0.3) is 0 Å². The number of carboxylic acid groups (broad SMARTS) is 1. The maximum atomic E-state index is 13.3. The van der Waals surface area contributed by atoms with E-state index in [1.165, 1.54) is 11.8 Å². The van der Waals surface area contributed by atoms with E-state index in [0.29, 0.717) is 5.75 Å². The number of hydrogen-bond acceptors (Lipinski definition) is 3. The molecule has 0 aromatic heterocycles. The Hall–Kier alpha value is -1.83. The Morgan fingerprint density at radius 3 is 2.71 bits per heavy atom. The van der Waals surface area contributed by atoms with Gasteiger partial charge in [-0.2, -0.15) is 11.8 Å². The predicted molar refractivity (Wildman–Crippen MR) is 76.2 cm³/mol. The second-order valence-electron chi connectivity index (χ2n) is 4.24. The van der Waals surface area contributed by atoms with E-state index in [2.05, 4.69) is 10.6 Å². The SMILES string of the molecule is CSCCC(NC(=O)NCc1cc(F)ccc1F)C(=O)O. The van der Waals surface area contributed by atoms with Crippen molar-refractivity contribution in [3.8, 4) is 0 Å². The van der Waals surface area contributed by atoms with E-state index in [0.717, 1.165) is 18.2 Å². The molecule has 0 bridgehead atoms. The quantitative estimate of drug-likeness (QED) is 0.718. The number of carboxylic acids is 1. The van der Waals surface area contributed by atoms with E-state index in [4.69, 9.17) is 5.11 Å². The summed E-state index contributed by atoms with van der Waals surface area (Å²) in [5.41, 5.74) is -0.0128. The van der Waals surface area contributed by atoms with Gasteiger partial charge in [-0.3, -0.25) is 0 Å². The fourth-order valence-electron chi connectivity index (χ4n) is 1.56. The van der Waals surface area contributed by atoms with Gasteiger partial charge in [0.2, 0.25) is 0 Å². The maximum absolute atomic E-state index is 13.3. The Kier molecular flexibility index (Phi) is 6.93. The molecule has 0 heterocycles. The van der Waals surface area contributed by atoms with Crippen LogP contribution in [0, 0.1) is 11.6 Å². The molecule has 21 heavy (non-hydrogen) atoms. The standard InChI is InChI=1S/C13H16F2N2O3S/c1-21-5-4-11(12(18)19)17-13(20)16-7-8-6-9(14)2-3-10(8)15/h2-3,6,11H,4-5,7H2,1H3,(H,18,19)(H2,16,17,20). The Morgan fingerprint density at radius 1 is 1.38 bits per heavy atom. The Balaban J connectivity index is 2.52. The van der Waals surface area contributed by atoms with Crippen molar-refractivity contribution >= 4 is 23.8 Å². The van der Waals surface area contributed by atoms with Crippen LogP contribution in [0.15, 0.2) is 18.2 Å². The fraction of sp³-hybridized carbons (Fsp3) is 0.385. The minimum Gasteiger partial charge on any atom is -0.480 e. The second-order valence-corrected chi connectivity index (χ2v) is 5.22. The average molecular weight is 318 g/mol. The van der Waals surface area contributed by atoms with Crippen LogP contribution in [0.5, 0.6) is 0 Å². The van der Waals surface area contributed by atoms with Gasteiger partial charge in [-0.05, 0) is 36.6 Å². The molecule has 5 nitrogen and oxygen atoms in total. The number of carbonyl (C=O) groups excluding carboxylic acids is 1. The maximum Gasteiger partial charge on any atom is 0.326 e. The summed E-state index contributed by atoms with van der Waals surface area (Å²) in [7, 11) is 0. The predicted octanol–water partition coefficient (Wildman–Crippen LogP) is 1.97. The van der Waals surface area contributed by atoms with Crippen molar-refractivity contribution in [3.63, 3.8) is 0 Å². The van der Waals surface area contributed by atoms with Crippen molar-refractivity contribution in [1.29, 1.82) is 0 Å². The number of halogens is 2. The van der Waals surface area contributed by atoms with Crippen LogP contribution in [0.4, 0.5) is 13.6 Å². The van der Waals surface area contributed by atoms with Crippen molar-refractivity contribution in [3.05, 3.63) is 35.4 Å². The monoisotopic (exact) mass is 318 g/mol.